The number of aryl methyl sites for hydroxylation is 2. The third kappa shape index (κ3) is 3.45. The van der Waals surface area contributed by atoms with Crippen LogP contribution in [0.15, 0.2) is 35.7 Å². The lowest BCUT2D eigenvalue weighted by Gasteiger charge is -2.15. The Morgan fingerprint density at radius 2 is 2.19 bits per heavy atom. The van der Waals surface area contributed by atoms with E-state index in [4.69, 9.17) is 4.74 Å². The number of fused-ring (bicyclic) bond motifs is 1. The molecule has 1 aliphatic rings. The molecule has 0 spiro atoms. The van der Waals surface area contributed by atoms with Crippen molar-refractivity contribution in [3.63, 3.8) is 0 Å². The molecule has 0 saturated carbocycles. The third-order valence-electron chi connectivity index (χ3n) is 3.77. The Kier molecular flexibility index (Phi) is 4.25. The molecule has 21 heavy (non-hydrogen) atoms. The van der Waals surface area contributed by atoms with E-state index in [-0.39, 0.29) is 5.91 Å². The molecule has 1 atom stereocenters. The second kappa shape index (κ2) is 6.31. The first-order valence-electron chi connectivity index (χ1n) is 7.31. The van der Waals surface area contributed by atoms with Gasteiger partial charge in [-0.1, -0.05) is 12.1 Å². The van der Waals surface area contributed by atoms with Crippen molar-refractivity contribution in [1.29, 1.82) is 0 Å². The molecule has 0 radical (unpaired) electrons. The maximum atomic E-state index is 12.0. The maximum Gasteiger partial charge on any atom is 0.261 e. The SMILES string of the molecule is CC(Oc1ccc2c(c1)CCC2)C(=O)NCc1cccs1. The molecule has 4 heteroatoms. The largest absolute Gasteiger partial charge is 0.481 e. The van der Waals surface area contributed by atoms with Crippen LogP contribution in [0.2, 0.25) is 0 Å². The lowest BCUT2D eigenvalue weighted by Crippen LogP contribution is -2.35. The van der Waals surface area contributed by atoms with Crippen LogP contribution in [0.3, 0.4) is 0 Å². The first kappa shape index (κ1) is 14.1. The van der Waals surface area contributed by atoms with E-state index in [2.05, 4.69) is 17.4 Å². The Morgan fingerprint density at radius 1 is 1.33 bits per heavy atom. The van der Waals surface area contributed by atoms with Crippen LogP contribution < -0.4 is 10.1 Å². The molecule has 2 aromatic rings. The quantitative estimate of drug-likeness (QED) is 0.920. The number of nitrogens with one attached hydrogen (secondary N) is 1. The zero-order valence-electron chi connectivity index (χ0n) is 12.1. The number of carbonyl (C=O) groups is 1. The zero-order chi connectivity index (χ0) is 14.7. The smallest absolute Gasteiger partial charge is 0.261 e. The summed E-state index contributed by atoms with van der Waals surface area (Å²) in [6.07, 6.45) is 3.01. The van der Waals surface area contributed by atoms with E-state index in [0.29, 0.717) is 6.54 Å². The van der Waals surface area contributed by atoms with Crippen LogP contribution in [0.1, 0.15) is 29.3 Å². The Labute approximate surface area is 129 Å². The molecule has 1 heterocycles. The van der Waals surface area contributed by atoms with Gasteiger partial charge >= 0.3 is 0 Å². The molecule has 1 unspecified atom stereocenters. The van der Waals surface area contributed by atoms with Crippen molar-refractivity contribution in [3.05, 3.63) is 51.7 Å². The molecule has 1 aromatic carbocycles. The van der Waals surface area contributed by atoms with E-state index in [0.717, 1.165) is 23.5 Å². The van der Waals surface area contributed by atoms with Gasteiger partial charge in [-0.3, -0.25) is 4.79 Å². The van der Waals surface area contributed by atoms with Gasteiger partial charge in [-0.05, 0) is 60.9 Å². The third-order valence-corrected chi connectivity index (χ3v) is 4.65. The number of hydrogen-bond donors (Lipinski definition) is 1. The van der Waals surface area contributed by atoms with Gasteiger partial charge in [0.05, 0.1) is 6.54 Å². The van der Waals surface area contributed by atoms with E-state index < -0.39 is 6.10 Å². The summed E-state index contributed by atoms with van der Waals surface area (Å²) >= 11 is 1.64. The highest BCUT2D eigenvalue weighted by Gasteiger charge is 2.16. The lowest BCUT2D eigenvalue weighted by molar-refractivity contribution is -0.127. The molecule has 3 rings (SSSR count). The number of amides is 1. The van der Waals surface area contributed by atoms with Crippen molar-refractivity contribution in [2.45, 2.75) is 38.8 Å². The van der Waals surface area contributed by atoms with E-state index in [1.54, 1.807) is 18.3 Å². The maximum absolute atomic E-state index is 12.0. The van der Waals surface area contributed by atoms with Crippen molar-refractivity contribution >= 4 is 17.2 Å². The minimum absolute atomic E-state index is 0.0797. The number of hydrogen-bond acceptors (Lipinski definition) is 3. The van der Waals surface area contributed by atoms with Gasteiger partial charge in [-0.15, -0.1) is 11.3 Å². The second-order valence-electron chi connectivity index (χ2n) is 5.34. The second-order valence-corrected chi connectivity index (χ2v) is 6.37. The topological polar surface area (TPSA) is 38.3 Å². The highest BCUT2D eigenvalue weighted by Crippen LogP contribution is 2.26. The fraction of sp³-hybridized carbons (Fsp3) is 0.353. The molecule has 0 bridgehead atoms. The van der Waals surface area contributed by atoms with Crippen LogP contribution in [0.4, 0.5) is 0 Å². The summed E-state index contributed by atoms with van der Waals surface area (Å²) in [7, 11) is 0. The van der Waals surface area contributed by atoms with Crippen molar-refractivity contribution < 1.29 is 9.53 Å². The van der Waals surface area contributed by atoms with Gasteiger partial charge in [-0.2, -0.15) is 0 Å². The molecule has 1 aromatic heterocycles. The summed E-state index contributed by atoms with van der Waals surface area (Å²) in [6.45, 7) is 2.35. The molecular formula is C17H19NO2S. The van der Waals surface area contributed by atoms with Crippen molar-refractivity contribution in [1.82, 2.24) is 5.32 Å². The highest BCUT2D eigenvalue weighted by molar-refractivity contribution is 7.09. The Hall–Kier alpha value is -1.81. The molecule has 3 nitrogen and oxygen atoms in total. The normalized spacial score (nSPS) is 14.5. The summed E-state index contributed by atoms with van der Waals surface area (Å²) in [5.41, 5.74) is 2.77. The van der Waals surface area contributed by atoms with Gasteiger partial charge in [-0.25, -0.2) is 0 Å². The molecule has 1 aliphatic carbocycles. The number of benzene rings is 1. The molecule has 1 N–H and O–H groups in total. The fourth-order valence-corrected chi connectivity index (χ4v) is 3.25. The van der Waals surface area contributed by atoms with Crippen LogP contribution >= 0.6 is 11.3 Å². The number of carbonyl (C=O) groups excluding carboxylic acids is 1. The molecule has 1 amide bonds. The average Bonchev–Trinajstić information content (AvgIpc) is 3.15. The number of thiophene rings is 1. The van der Waals surface area contributed by atoms with Crippen LogP contribution in [0.25, 0.3) is 0 Å². The molecule has 110 valence electrons. The molecule has 0 saturated heterocycles. The van der Waals surface area contributed by atoms with Crippen molar-refractivity contribution in [2.75, 3.05) is 0 Å². The summed E-state index contributed by atoms with van der Waals surface area (Å²) in [5.74, 6) is 0.707. The van der Waals surface area contributed by atoms with Crippen LogP contribution in [0.5, 0.6) is 5.75 Å². The monoisotopic (exact) mass is 301 g/mol. The van der Waals surface area contributed by atoms with E-state index >= 15 is 0 Å². The average molecular weight is 301 g/mol. The van der Waals surface area contributed by atoms with Crippen LogP contribution in [-0.4, -0.2) is 12.0 Å². The summed E-state index contributed by atoms with van der Waals surface area (Å²) in [4.78, 5) is 13.2. The zero-order valence-corrected chi connectivity index (χ0v) is 12.9. The first-order valence-corrected chi connectivity index (χ1v) is 8.19. The lowest BCUT2D eigenvalue weighted by atomic mass is 10.1. The standard InChI is InChI=1S/C17H19NO2S/c1-12(17(19)18-11-16-6-3-9-21-16)20-15-8-7-13-4-2-5-14(13)10-15/h3,6-10,12H,2,4-5,11H2,1H3,(H,18,19). The minimum Gasteiger partial charge on any atom is -0.481 e. The van der Waals surface area contributed by atoms with Gasteiger partial charge in [0.2, 0.25) is 0 Å². The predicted molar refractivity (Wildman–Crippen MR) is 84.7 cm³/mol. The van der Waals surface area contributed by atoms with Gasteiger partial charge in [0.1, 0.15) is 5.75 Å². The first-order chi connectivity index (χ1) is 10.2. The predicted octanol–water partition coefficient (Wildman–Crippen LogP) is 3.32. The van der Waals surface area contributed by atoms with Crippen molar-refractivity contribution in [3.8, 4) is 5.75 Å². The fourth-order valence-electron chi connectivity index (χ4n) is 2.61. The molecular weight excluding hydrogens is 282 g/mol. The minimum atomic E-state index is -0.482. The van der Waals surface area contributed by atoms with Gasteiger partial charge in [0, 0.05) is 4.88 Å². The summed E-state index contributed by atoms with van der Waals surface area (Å²) < 4.78 is 5.76. The Morgan fingerprint density at radius 3 is 3.00 bits per heavy atom. The van der Waals surface area contributed by atoms with E-state index in [9.17, 15) is 4.79 Å². The highest BCUT2D eigenvalue weighted by atomic mass is 32.1. The van der Waals surface area contributed by atoms with E-state index in [1.807, 2.05) is 23.6 Å². The summed E-state index contributed by atoms with van der Waals surface area (Å²) in [5, 5.41) is 4.91. The molecule has 0 aliphatic heterocycles. The van der Waals surface area contributed by atoms with E-state index in [1.165, 1.54) is 17.5 Å². The van der Waals surface area contributed by atoms with Gasteiger partial charge in [0.15, 0.2) is 6.10 Å². The van der Waals surface area contributed by atoms with Gasteiger partial charge in [0.25, 0.3) is 5.91 Å². The Balaban J connectivity index is 1.55. The Bertz CT molecular complexity index is 622. The molecule has 0 fully saturated rings. The van der Waals surface area contributed by atoms with Gasteiger partial charge < -0.3 is 10.1 Å². The summed E-state index contributed by atoms with van der Waals surface area (Å²) in [6, 6.07) is 10.2. The number of ether oxygens (including phenoxy) is 1. The number of rotatable bonds is 5. The van der Waals surface area contributed by atoms with Crippen LogP contribution in [-0.2, 0) is 24.2 Å². The van der Waals surface area contributed by atoms with Crippen LogP contribution in [0, 0.1) is 0 Å². The van der Waals surface area contributed by atoms with Crippen molar-refractivity contribution in [2.24, 2.45) is 0 Å².